The maximum absolute atomic E-state index is 12.6. The Kier molecular flexibility index (Phi) is 5.56. The summed E-state index contributed by atoms with van der Waals surface area (Å²) in [6.07, 6.45) is 0. The van der Waals surface area contributed by atoms with Crippen LogP contribution in [0.5, 0.6) is 0 Å². The molecule has 2 amide bonds. The maximum Gasteiger partial charge on any atom is 0.243 e. The Morgan fingerprint density at radius 3 is 2.28 bits per heavy atom. The van der Waals surface area contributed by atoms with E-state index >= 15 is 0 Å². The van der Waals surface area contributed by atoms with Crippen molar-refractivity contribution in [1.29, 1.82) is 0 Å². The van der Waals surface area contributed by atoms with Crippen LogP contribution in [0.25, 0.3) is 0 Å². The van der Waals surface area contributed by atoms with Gasteiger partial charge in [0.1, 0.15) is 17.9 Å². The molecule has 0 aliphatic heterocycles. The molecule has 0 radical (unpaired) electrons. The number of nitrogens with zero attached hydrogens (tertiary/aromatic N) is 2. The van der Waals surface area contributed by atoms with Gasteiger partial charge in [0, 0.05) is 5.41 Å². The van der Waals surface area contributed by atoms with E-state index in [1.54, 1.807) is 34.6 Å². The highest BCUT2D eigenvalue weighted by Gasteiger charge is 2.27. The SMILES string of the molecule is Cc1nc([C@@H](NC(=O)[C@H](C)NC(=O)C(C)(C)C)c2ccccc2)n[nH]1. The number of hydrogen-bond donors (Lipinski definition) is 3. The lowest BCUT2D eigenvalue weighted by Gasteiger charge is -2.23. The van der Waals surface area contributed by atoms with Crippen LogP contribution in [0.1, 0.15) is 50.9 Å². The second-order valence-corrected chi connectivity index (χ2v) is 7.08. The fourth-order valence-electron chi connectivity index (χ4n) is 2.18. The van der Waals surface area contributed by atoms with Crippen LogP contribution in [0.3, 0.4) is 0 Å². The van der Waals surface area contributed by atoms with E-state index in [1.165, 1.54) is 0 Å². The van der Waals surface area contributed by atoms with Gasteiger partial charge < -0.3 is 10.6 Å². The summed E-state index contributed by atoms with van der Waals surface area (Å²) >= 11 is 0. The predicted molar refractivity (Wildman–Crippen MR) is 94.6 cm³/mol. The average molecular weight is 343 g/mol. The van der Waals surface area contributed by atoms with Gasteiger partial charge in [-0.25, -0.2) is 4.98 Å². The molecule has 0 saturated carbocycles. The Morgan fingerprint density at radius 1 is 1.12 bits per heavy atom. The standard InChI is InChI=1S/C18H25N5O2/c1-11(19-17(25)18(3,4)5)16(24)21-14(13-9-7-6-8-10-13)15-20-12(2)22-23-15/h6-11,14H,1-5H3,(H,19,25)(H,21,24)(H,20,22,23)/t11-,14-/m0/s1. The van der Waals surface area contributed by atoms with Crippen LogP contribution in [0.15, 0.2) is 30.3 Å². The number of aryl methyl sites for hydroxylation is 1. The van der Waals surface area contributed by atoms with Gasteiger partial charge in [0.05, 0.1) is 0 Å². The third-order valence-corrected chi connectivity index (χ3v) is 3.71. The molecule has 25 heavy (non-hydrogen) atoms. The van der Waals surface area contributed by atoms with Crippen LogP contribution in [-0.4, -0.2) is 33.0 Å². The molecule has 0 bridgehead atoms. The zero-order chi connectivity index (χ0) is 18.6. The van der Waals surface area contributed by atoms with Gasteiger partial charge in [-0.3, -0.25) is 14.7 Å². The summed E-state index contributed by atoms with van der Waals surface area (Å²) in [5.74, 6) is 0.666. The first-order valence-electron chi connectivity index (χ1n) is 8.23. The highest BCUT2D eigenvalue weighted by atomic mass is 16.2. The van der Waals surface area contributed by atoms with Crippen molar-refractivity contribution in [2.24, 2.45) is 5.41 Å². The molecule has 3 N–H and O–H groups in total. The third kappa shape index (κ3) is 4.89. The summed E-state index contributed by atoms with van der Waals surface area (Å²) in [4.78, 5) is 29.0. The van der Waals surface area contributed by atoms with E-state index in [4.69, 9.17) is 0 Å². The minimum atomic E-state index is -0.669. The Morgan fingerprint density at radius 2 is 1.76 bits per heavy atom. The van der Waals surface area contributed by atoms with Gasteiger partial charge in [-0.15, -0.1) is 0 Å². The van der Waals surface area contributed by atoms with Gasteiger partial charge in [0.15, 0.2) is 5.82 Å². The molecule has 7 heteroatoms. The van der Waals surface area contributed by atoms with Crippen molar-refractivity contribution in [1.82, 2.24) is 25.8 Å². The fourth-order valence-corrected chi connectivity index (χ4v) is 2.18. The van der Waals surface area contributed by atoms with E-state index in [-0.39, 0.29) is 11.8 Å². The molecule has 0 aliphatic rings. The third-order valence-electron chi connectivity index (χ3n) is 3.71. The summed E-state index contributed by atoms with van der Waals surface area (Å²) in [5, 5.41) is 12.6. The number of aromatic amines is 1. The van der Waals surface area contributed by atoms with Crippen LogP contribution < -0.4 is 10.6 Å². The Labute approximate surface area is 147 Å². The lowest BCUT2D eigenvalue weighted by molar-refractivity contribution is -0.133. The van der Waals surface area contributed by atoms with Crippen LogP contribution >= 0.6 is 0 Å². The highest BCUT2D eigenvalue weighted by molar-refractivity contribution is 5.89. The molecule has 1 aromatic heterocycles. The molecular formula is C18H25N5O2. The Hall–Kier alpha value is -2.70. The van der Waals surface area contributed by atoms with Crippen molar-refractivity contribution in [2.75, 3.05) is 0 Å². The predicted octanol–water partition coefficient (Wildman–Crippen LogP) is 1.87. The van der Waals surface area contributed by atoms with Crippen molar-refractivity contribution < 1.29 is 9.59 Å². The van der Waals surface area contributed by atoms with E-state index < -0.39 is 17.5 Å². The fraction of sp³-hybridized carbons (Fsp3) is 0.444. The molecule has 0 fully saturated rings. The Balaban J connectivity index is 2.17. The lowest BCUT2D eigenvalue weighted by atomic mass is 9.95. The number of amides is 2. The van der Waals surface area contributed by atoms with Crippen molar-refractivity contribution in [3.05, 3.63) is 47.5 Å². The molecular weight excluding hydrogens is 318 g/mol. The summed E-state index contributed by atoms with van der Waals surface area (Å²) < 4.78 is 0. The first-order chi connectivity index (χ1) is 11.7. The number of hydrogen-bond acceptors (Lipinski definition) is 4. The number of benzene rings is 1. The molecule has 0 spiro atoms. The van der Waals surface area contributed by atoms with Crippen LogP contribution in [-0.2, 0) is 9.59 Å². The molecule has 2 aromatic rings. The number of carbonyl (C=O) groups is 2. The molecule has 0 unspecified atom stereocenters. The molecule has 134 valence electrons. The highest BCUT2D eigenvalue weighted by Crippen LogP contribution is 2.19. The molecule has 0 aliphatic carbocycles. The number of aromatic nitrogens is 3. The van der Waals surface area contributed by atoms with E-state index in [9.17, 15) is 9.59 Å². The molecule has 0 saturated heterocycles. The van der Waals surface area contributed by atoms with Crippen LogP contribution in [0.2, 0.25) is 0 Å². The van der Waals surface area contributed by atoms with Crippen molar-refractivity contribution in [2.45, 2.75) is 46.7 Å². The molecule has 7 nitrogen and oxygen atoms in total. The lowest BCUT2D eigenvalue weighted by Crippen LogP contribution is -2.49. The van der Waals surface area contributed by atoms with Crippen molar-refractivity contribution >= 4 is 11.8 Å². The number of nitrogens with one attached hydrogen (secondary N) is 3. The first kappa shape index (κ1) is 18.6. The Bertz CT molecular complexity index is 733. The largest absolute Gasteiger partial charge is 0.344 e. The number of H-pyrrole nitrogens is 1. The maximum atomic E-state index is 12.6. The quantitative estimate of drug-likeness (QED) is 0.771. The van der Waals surface area contributed by atoms with Crippen molar-refractivity contribution in [3.8, 4) is 0 Å². The second-order valence-electron chi connectivity index (χ2n) is 7.08. The topological polar surface area (TPSA) is 99.8 Å². The monoisotopic (exact) mass is 343 g/mol. The van der Waals surface area contributed by atoms with E-state index in [0.29, 0.717) is 11.6 Å². The summed E-state index contributed by atoms with van der Waals surface area (Å²) in [7, 11) is 0. The van der Waals surface area contributed by atoms with Crippen LogP contribution in [0, 0.1) is 12.3 Å². The van der Waals surface area contributed by atoms with Gasteiger partial charge in [-0.05, 0) is 19.4 Å². The summed E-state index contributed by atoms with van der Waals surface area (Å²) in [5.41, 5.74) is 0.304. The summed E-state index contributed by atoms with van der Waals surface area (Å²) in [6.45, 7) is 8.86. The van der Waals surface area contributed by atoms with Gasteiger partial charge in [0.25, 0.3) is 0 Å². The normalized spacial score (nSPS) is 13.8. The first-order valence-corrected chi connectivity index (χ1v) is 8.23. The molecule has 2 rings (SSSR count). The molecule has 2 atom stereocenters. The van der Waals surface area contributed by atoms with Crippen LogP contribution in [0.4, 0.5) is 0 Å². The van der Waals surface area contributed by atoms with Gasteiger partial charge >= 0.3 is 0 Å². The average Bonchev–Trinajstić information content (AvgIpc) is 2.98. The van der Waals surface area contributed by atoms with E-state index in [0.717, 1.165) is 5.56 Å². The molecule has 1 aromatic carbocycles. The van der Waals surface area contributed by atoms with Gasteiger partial charge in [0.2, 0.25) is 11.8 Å². The van der Waals surface area contributed by atoms with Gasteiger partial charge in [-0.2, -0.15) is 5.10 Å². The molecule has 1 heterocycles. The minimum absolute atomic E-state index is 0.180. The van der Waals surface area contributed by atoms with Crippen molar-refractivity contribution in [3.63, 3.8) is 0 Å². The minimum Gasteiger partial charge on any atom is -0.344 e. The summed E-state index contributed by atoms with van der Waals surface area (Å²) in [6, 6.07) is 8.31. The van der Waals surface area contributed by atoms with E-state index in [2.05, 4.69) is 25.8 Å². The smallest absolute Gasteiger partial charge is 0.243 e. The van der Waals surface area contributed by atoms with Gasteiger partial charge in [-0.1, -0.05) is 51.1 Å². The second kappa shape index (κ2) is 7.46. The zero-order valence-corrected chi connectivity index (χ0v) is 15.3. The number of rotatable bonds is 5. The number of carbonyl (C=O) groups excluding carboxylic acids is 2. The van der Waals surface area contributed by atoms with E-state index in [1.807, 2.05) is 30.3 Å². The zero-order valence-electron chi connectivity index (χ0n) is 15.3.